The minimum Gasteiger partial charge on any atom is -0.368 e. The van der Waals surface area contributed by atoms with Crippen LogP contribution < -0.4 is 11.1 Å². The largest absolute Gasteiger partial charge is 0.368 e. The molecule has 6 nitrogen and oxygen atoms in total. The third-order valence-electron chi connectivity index (χ3n) is 3.95. The second kappa shape index (κ2) is 7.44. The van der Waals surface area contributed by atoms with Gasteiger partial charge in [0.15, 0.2) is 5.16 Å². The van der Waals surface area contributed by atoms with E-state index in [0.717, 1.165) is 24.8 Å². The van der Waals surface area contributed by atoms with Crippen molar-refractivity contribution in [1.82, 2.24) is 20.1 Å². The molecule has 2 aromatic rings. The van der Waals surface area contributed by atoms with Crippen molar-refractivity contribution in [3.05, 3.63) is 34.9 Å². The lowest BCUT2D eigenvalue weighted by Crippen LogP contribution is -2.29. The summed E-state index contributed by atoms with van der Waals surface area (Å²) in [5.41, 5.74) is 6.89. The van der Waals surface area contributed by atoms with Crippen molar-refractivity contribution >= 4 is 35.2 Å². The molecule has 1 aliphatic rings. The van der Waals surface area contributed by atoms with E-state index in [2.05, 4.69) is 15.5 Å². The van der Waals surface area contributed by atoms with Gasteiger partial charge in [-0.2, -0.15) is 0 Å². The Morgan fingerprint density at radius 3 is 2.75 bits per heavy atom. The highest BCUT2D eigenvalue weighted by Crippen LogP contribution is 2.39. The molecule has 0 aliphatic heterocycles. The number of nitrogens with two attached hydrogens (primary N) is 1. The summed E-state index contributed by atoms with van der Waals surface area (Å²) >= 11 is 7.28. The molecule has 24 heavy (non-hydrogen) atoms. The van der Waals surface area contributed by atoms with Crippen molar-refractivity contribution in [2.24, 2.45) is 0 Å². The van der Waals surface area contributed by atoms with E-state index in [1.165, 1.54) is 11.8 Å². The third kappa shape index (κ3) is 4.02. The fourth-order valence-corrected chi connectivity index (χ4v) is 3.49. The number of aromatic nitrogens is 3. The van der Waals surface area contributed by atoms with E-state index in [-0.39, 0.29) is 17.7 Å². The Labute approximate surface area is 150 Å². The number of hydrogen-bond donors (Lipinski definition) is 2. The standard InChI is InChI=1S/C16H20ClN5OS/c1-2-13(10-3-5-11(17)6-4-10)19-14(23)9-24-16-21-20-15(18)22(16)12-7-8-12/h3-6,12-13H,2,7-9H2,1H3,(H2,18,20)(H,19,23). The van der Waals surface area contributed by atoms with Gasteiger partial charge in [0, 0.05) is 11.1 Å². The fraction of sp³-hybridized carbons (Fsp3) is 0.438. The van der Waals surface area contributed by atoms with E-state index < -0.39 is 0 Å². The zero-order chi connectivity index (χ0) is 17.1. The fourth-order valence-electron chi connectivity index (χ4n) is 2.55. The average Bonchev–Trinajstić information content (AvgIpc) is 3.34. The monoisotopic (exact) mass is 365 g/mol. The number of anilines is 1. The van der Waals surface area contributed by atoms with Crippen molar-refractivity contribution in [2.75, 3.05) is 11.5 Å². The average molecular weight is 366 g/mol. The highest BCUT2D eigenvalue weighted by Gasteiger charge is 2.29. The number of amides is 1. The molecule has 1 heterocycles. The van der Waals surface area contributed by atoms with Crippen molar-refractivity contribution in [3.63, 3.8) is 0 Å². The Balaban J connectivity index is 1.57. The molecule has 1 fully saturated rings. The zero-order valence-electron chi connectivity index (χ0n) is 13.4. The smallest absolute Gasteiger partial charge is 0.230 e. The van der Waals surface area contributed by atoms with Gasteiger partial charge in [-0.3, -0.25) is 9.36 Å². The van der Waals surface area contributed by atoms with Crippen LogP contribution in [0.2, 0.25) is 5.02 Å². The highest BCUT2D eigenvalue weighted by atomic mass is 35.5. The van der Waals surface area contributed by atoms with Gasteiger partial charge in [-0.1, -0.05) is 42.4 Å². The predicted octanol–water partition coefficient (Wildman–Crippen LogP) is 3.21. The predicted molar refractivity (Wildman–Crippen MR) is 96.1 cm³/mol. The lowest BCUT2D eigenvalue weighted by Gasteiger charge is -2.17. The second-order valence-electron chi connectivity index (χ2n) is 5.81. The topological polar surface area (TPSA) is 85.8 Å². The van der Waals surface area contributed by atoms with Crippen LogP contribution in [0.15, 0.2) is 29.4 Å². The molecule has 0 radical (unpaired) electrons. The molecule has 1 unspecified atom stereocenters. The number of thioether (sulfide) groups is 1. The number of nitrogen functional groups attached to an aromatic ring is 1. The number of carbonyl (C=O) groups excluding carboxylic acids is 1. The van der Waals surface area contributed by atoms with Crippen molar-refractivity contribution in [1.29, 1.82) is 0 Å². The molecular formula is C16H20ClN5OS. The minimum absolute atomic E-state index is 0.0262. The molecule has 1 saturated carbocycles. The van der Waals surface area contributed by atoms with Gasteiger partial charge in [0.1, 0.15) is 0 Å². The van der Waals surface area contributed by atoms with Crippen LogP contribution >= 0.6 is 23.4 Å². The van der Waals surface area contributed by atoms with E-state index in [4.69, 9.17) is 17.3 Å². The van der Waals surface area contributed by atoms with E-state index >= 15 is 0 Å². The number of halogens is 1. The number of nitrogens with one attached hydrogen (secondary N) is 1. The minimum atomic E-state index is -0.0364. The third-order valence-corrected chi connectivity index (χ3v) is 5.15. The van der Waals surface area contributed by atoms with Crippen molar-refractivity contribution in [2.45, 2.75) is 43.4 Å². The summed E-state index contributed by atoms with van der Waals surface area (Å²) in [6.45, 7) is 2.04. The van der Waals surface area contributed by atoms with Crippen LogP contribution in [0, 0.1) is 0 Å². The molecule has 0 spiro atoms. The maximum Gasteiger partial charge on any atom is 0.230 e. The van der Waals surface area contributed by atoms with Gasteiger partial charge in [-0.15, -0.1) is 10.2 Å². The molecule has 1 aliphatic carbocycles. The van der Waals surface area contributed by atoms with Crippen LogP contribution in [0.1, 0.15) is 43.8 Å². The molecule has 3 rings (SSSR count). The first-order valence-electron chi connectivity index (χ1n) is 7.96. The summed E-state index contributed by atoms with van der Waals surface area (Å²) in [4.78, 5) is 12.3. The van der Waals surface area contributed by atoms with Crippen molar-refractivity contribution < 1.29 is 4.79 Å². The quantitative estimate of drug-likeness (QED) is 0.736. The van der Waals surface area contributed by atoms with E-state index in [9.17, 15) is 4.79 Å². The van der Waals surface area contributed by atoms with Crippen molar-refractivity contribution in [3.8, 4) is 0 Å². The number of nitrogens with zero attached hydrogens (tertiary/aromatic N) is 3. The first-order chi connectivity index (χ1) is 11.6. The van der Waals surface area contributed by atoms with E-state index in [1.807, 2.05) is 35.8 Å². The lowest BCUT2D eigenvalue weighted by molar-refractivity contribution is -0.119. The van der Waals surface area contributed by atoms with Crippen LogP contribution in [0.4, 0.5) is 5.95 Å². The Morgan fingerprint density at radius 1 is 1.42 bits per heavy atom. The Bertz CT molecular complexity index is 714. The van der Waals surface area contributed by atoms with Crippen LogP contribution in [0.3, 0.4) is 0 Å². The van der Waals surface area contributed by atoms with Crippen LogP contribution in [0.5, 0.6) is 0 Å². The molecule has 3 N–H and O–H groups in total. The normalized spacial score (nSPS) is 15.2. The van der Waals surface area contributed by atoms with Gasteiger partial charge in [-0.05, 0) is 37.0 Å². The first kappa shape index (κ1) is 17.1. The summed E-state index contributed by atoms with van der Waals surface area (Å²) < 4.78 is 1.93. The maximum absolute atomic E-state index is 12.3. The van der Waals surface area contributed by atoms with Crippen LogP contribution in [0.25, 0.3) is 0 Å². The molecular weight excluding hydrogens is 346 g/mol. The van der Waals surface area contributed by atoms with E-state index in [0.29, 0.717) is 22.2 Å². The van der Waals surface area contributed by atoms with Gasteiger partial charge in [0.05, 0.1) is 11.8 Å². The summed E-state index contributed by atoms with van der Waals surface area (Å²) in [6, 6.07) is 7.91. The summed E-state index contributed by atoms with van der Waals surface area (Å²) in [5.74, 6) is 0.674. The Morgan fingerprint density at radius 2 is 2.12 bits per heavy atom. The Kier molecular flexibility index (Phi) is 5.30. The second-order valence-corrected chi connectivity index (χ2v) is 7.19. The highest BCUT2D eigenvalue weighted by molar-refractivity contribution is 7.99. The number of benzene rings is 1. The van der Waals surface area contributed by atoms with Gasteiger partial charge in [0.25, 0.3) is 0 Å². The lowest BCUT2D eigenvalue weighted by atomic mass is 10.0. The Hall–Kier alpha value is -1.73. The molecule has 128 valence electrons. The van der Waals surface area contributed by atoms with Gasteiger partial charge >= 0.3 is 0 Å². The van der Waals surface area contributed by atoms with Gasteiger partial charge in [0.2, 0.25) is 11.9 Å². The molecule has 8 heteroatoms. The first-order valence-corrected chi connectivity index (χ1v) is 9.32. The number of rotatable bonds is 7. The molecule has 1 amide bonds. The van der Waals surface area contributed by atoms with E-state index in [1.54, 1.807) is 0 Å². The summed E-state index contributed by atoms with van der Waals surface area (Å²) in [7, 11) is 0. The number of carbonyl (C=O) groups is 1. The molecule has 0 bridgehead atoms. The van der Waals surface area contributed by atoms with Crippen LogP contribution in [-0.2, 0) is 4.79 Å². The maximum atomic E-state index is 12.3. The summed E-state index contributed by atoms with van der Waals surface area (Å²) in [6.07, 6.45) is 3.00. The molecule has 1 aromatic heterocycles. The number of hydrogen-bond acceptors (Lipinski definition) is 5. The SMILES string of the molecule is CCC(NC(=O)CSc1nnc(N)n1C1CC1)c1ccc(Cl)cc1. The van der Waals surface area contributed by atoms with Gasteiger partial charge < -0.3 is 11.1 Å². The molecule has 1 aromatic carbocycles. The molecule has 1 atom stereocenters. The summed E-state index contributed by atoms with van der Waals surface area (Å²) in [5, 5.41) is 12.4. The zero-order valence-corrected chi connectivity index (χ0v) is 15.0. The molecule has 0 saturated heterocycles. The van der Waals surface area contributed by atoms with Gasteiger partial charge in [-0.25, -0.2) is 0 Å². The van der Waals surface area contributed by atoms with Crippen LogP contribution in [-0.4, -0.2) is 26.4 Å².